The van der Waals surface area contributed by atoms with Crippen LogP contribution in [0.5, 0.6) is 0 Å². The van der Waals surface area contributed by atoms with E-state index in [0.717, 1.165) is 24.2 Å². The highest BCUT2D eigenvalue weighted by atomic mass is 14.8. The average molecular weight is 193 g/mol. The van der Waals surface area contributed by atoms with E-state index in [2.05, 4.69) is 23.8 Å². The van der Waals surface area contributed by atoms with Gasteiger partial charge in [0, 0.05) is 12.2 Å². The predicted molar refractivity (Wildman–Crippen MR) is 57.8 cm³/mol. The summed E-state index contributed by atoms with van der Waals surface area (Å²) in [7, 11) is 0. The third kappa shape index (κ3) is 3.07. The zero-order chi connectivity index (χ0) is 10.6. The van der Waals surface area contributed by atoms with Crippen LogP contribution >= 0.6 is 0 Å². The molecule has 2 N–H and O–H groups in total. The first kappa shape index (κ1) is 11.1. The van der Waals surface area contributed by atoms with Gasteiger partial charge in [-0.15, -0.1) is 0 Å². The third-order valence-corrected chi connectivity index (χ3v) is 2.53. The summed E-state index contributed by atoms with van der Waals surface area (Å²) in [5, 5.41) is 0. The van der Waals surface area contributed by atoms with Crippen molar-refractivity contribution >= 4 is 0 Å². The lowest BCUT2D eigenvalue weighted by molar-refractivity contribution is 0.455. The Morgan fingerprint density at radius 1 is 1.36 bits per heavy atom. The highest BCUT2D eigenvalue weighted by molar-refractivity contribution is 5.05. The maximum Gasteiger partial charge on any atom is 0.0754 e. The van der Waals surface area contributed by atoms with Crippen molar-refractivity contribution in [3.05, 3.63) is 23.8 Å². The van der Waals surface area contributed by atoms with Gasteiger partial charge < -0.3 is 5.73 Å². The van der Waals surface area contributed by atoms with Crippen molar-refractivity contribution in [2.75, 3.05) is 0 Å². The van der Waals surface area contributed by atoms with E-state index in [1.807, 2.05) is 6.92 Å². The molecule has 2 atom stereocenters. The number of hydrogen-bond acceptors (Lipinski definition) is 3. The summed E-state index contributed by atoms with van der Waals surface area (Å²) in [5.74, 6) is 0.646. The molecular formula is C11H19N3. The van der Waals surface area contributed by atoms with Gasteiger partial charge in [-0.25, -0.2) is 0 Å². The average Bonchev–Trinajstić information content (AvgIpc) is 2.18. The highest BCUT2D eigenvalue weighted by Gasteiger charge is 2.11. The van der Waals surface area contributed by atoms with E-state index in [1.165, 1.54) is 0 Å². The molecule has 0 amide bonds. The fourth-order valence-electron chi connectivity index (χ4n) is 1.31. The number of nitrogens with zero attached hydrogens (tertiary/aromatic N) is 2. The number of hydrogen-bond donors (Lipinski definition) is 1. The number of aryl methyl sites for hydroxylation is 1. The minimum absolute atomic E-state index is 0.0260. The van der Waals surface area contributed by atoms with E-state index < -0.39 is 0 Å². The molecular weight excluding hydrogens is 174 g/mol. The van der Waals surface area contributed by atoms with E-state index in [1.54, 1.807) is 12.4 Å². The first-order valence-corrected chi connectivity index (χ1v) is 5.17. The molecule has 0 spiro atoms. The Bertz CT molecular complexity index is 268. The van der Waals surface area contributed by atoms with Crippen molar-refractivity contribution in [2.24, 2.45) is 11.7 Å². The Morgan fingerprint density at radius 3 is 2.57 bits per heavy atom. The zero-order valence-electron chi connectivity index (χ0n) is 9.20. The third-order valence-electron chi connectivity index (χ3n) is 2.53. The SMILES string of the molecule is CCC(C)CC(N)c1cnc(C)cn1. The Kier molecular flexibility index (Phi) is 4.01. The fraction of sp³-hybridized carbons (Fsp3) is 0.636. The smallest absolute Gasteiger partial charge is 0.0754 e. The van der Waals surface area contributed by atoms with E-state index in [9.17, 15) is 0 Å². The largest absolute Gasteiger partial charge is 0.323 e. The van der Waals surface area contributed by atoms with Gasteiger partial charge in [0.05, 0.1) is 17.6 Å². The second kappa shape index (κ2) is 5.05. The van der Waals surface area contributed by atoms with Crippen molar-refractivity contribution in [3.63, 3.8) is 0 Å². The first-order chi connectivity index (χ1) is 6.63. The van der Waals surface area contributed by atoms with Crippen molar-refractivity contribution in [1.29, 1.82) is 0 Å². The van der Waals surface area contributed by atoms with Gasteiger partial charge in [0.15, 0.2) is 0 Å². The maximum atomic E-state index is 6.02. The summed E-state index contributed by atoms with van der Waals surface area (Å²) < 4.78 is 0. The van der Waals surface area contributed by atoms with Gasteiger partial charge in [-0.05, 0) is 19.3 Å². The molecule has 0 aliphatic rings. The van der Waals surface area contributed by atoms with Gasteiger partial charge in [-0.2, -0.15) is 0 Å². The number of aromatic nitrogens is 2. The van der Waals surface area contributed by atoms with Crippen LogP contribution in [0.25, 0.3) is 0 Å². The van der Waals surface area contributed by atoms with Crippen LogP contribution < -0.4 is 5.73 Å². The Labute approximate surface area is 85.8 Å². The van der Waals surface area contributed by atoms with Crippen molar-refractivity contribution < 1.29 is 0 Å². The summed E-state index contributed by atoms with van der Waals surface area (Å²) in [4.78, 5) is 8.47. The van der Waals surface area contributed by atoms with Gasteiger partial charge in [-0.1, -0.05) is 20.3 Å². The summed E-state index contributed by atoms with van der Waals surface area (Å²) in [6.07, 6.45) is 5.69. The molecule has 3 heteroatoms. The quantitative estimate of drug-likeness (QED) is 0.797. The van der Waals surface area contributed by atoms with Gasteiger partial charge in [-0.3, -0.25) is 9.97 Å². The molecule has 0 aromatic carbocycles. The van der Waals surface area contributed by atoms with Crippen LogP contribution in [-0.4, -0.2) is 9.97 Å². The lowest BCUT2D eigenvalue weighted by atomic mass is 9.98. The first-order valence-electron chi connectivity index (χ1n) is 5.17. The number of nitrogens with two attached hydrogens (primary N) is 1. The van der Waals surface area contributed by atoms with Crippen LogP contribution in [0.2, 0.25) is 0 Å². The second-order valence-electron chi connectivity index (χ2n) is 3.94. The predicted octanol–water partition coefficient (Wildman–Crippen LogP) is 2.22. The lowest BCUT2D eigenvalue weighted by Crippen LogP contribution is -2.15. The summed E-state index contributed by atoms with van der Waals surface area (Å²) >= 11 is 0. The molecule has 1 aromatic rings. The molecule has 0 fully saturated rings. The van der Waals surface area contributed by atoms with Crippen LogP contribution in [0.4, 0.5) is 0 Å². The molecule has 0 saturated heterocycles. The highest BCUT2D eigenvalue weighted by Crippen LogP contribution is 2.18. The summed E-state index contributed by atoms with van der Waals surface area (Å²) in [6, 6.07) is 0.0260. The molecule has 0 radical (unpaired) electrons. The van der Waals surface area contributed by atoms with Crippen molar-refractivity contribution in [1.82, 2.24) is 9.97 Å². The van der Waals surface area contributed by atoms with E-state index in [4.69, 9.17) is 5.73 Å². The molecule has 0 aliphatic heterocycles. The van der Waals surface area contributed by atoms with Gasteiger partial charge in [0.1, 0.15) is 0 Å². The fourth-order valence-corrected chi connectivity index (χ4v) is 1.31. The van der Waals surface area contributed by atoms with Crippen LogP contribution in [0, 0.1) is 12.8 Å². The zero-order valence-corrected chi connectivity index (χ0v) is 9.20. The molecule has 0 bridgehead atoms. The van der Waals surface area contributed by atoms with Crippen LogP contribution in [0.1, 0.15) is 44.1 Å². The monoisotopic (exact) mass is 193 g/mol. The Balaban J connectivity index is 2.60. The molecule has 1 heterocycles. The van der Waals surface area contributed by atoms with Crippen molar-refractivity contribution in [3.8, 4) is 0 Å². The summed E-state index contributed by atoms with van der Waals surface area (Å²) in [6.45, 7) is 6.32. The molecule has 0 aliphatic carbocycles. The van der Waals surface area contributed by atoms with E-state index in [-0.39, 0.29) is 6.04 Å². The van der Waals surface area contributed by atoms with E-state index >= 15 is 0 Å². The minimum atomic E-state index is 0.0260. The molecule has 78 valence electrons. The second-order valence-corrected chi connectivity index (χ2v) is 3.94. The van der Waals surface area contributed by atoms with Gasteiger partial charge >= 0.3 is 0 Å². The maximum absolute atomic E-state index is 6.02. The van der Waals surface area contributed by atoms with E-state index in [0.29, 0.717) is 5.92 Å². The molecule has 14 heavy (non-hydrogen) atoms. The summed E-state index contributed by atoms with van der Waals surface area (Å²) in [5.41, 5.74) is 7.85. The molecule has 2 unspecified atom stereocenters. The minimum Gasteiger partial charge on any atom is -0.323 e. The number of rotatable bonds is 4. The lowest BCUT2D eigenvalue weighted by Gasteiger charge is -2.14. The Hall–Kier alpha value is -0.960. The van der Waals surface area contributed by atoms with Gasteiger partial charge in [0.2, 0.25) is 0 Å². The molecule has 0 saturated carbocycles. The van der Waals surface area contributed by atoms with Crippen LogP contribution in [-0.2, 0) is 0 Å². The van der Waals surface area contributed by atoms with Gasteiger partial charge in [0.25, 0.3) is 0 Å². The topological polar surface area (TPSA) is 51.8 Å². The van der Waals surface area contributed by atoms with Crippen molar-refractivity contribution in [2.45, 2.75) is 39.7 Å². The molecule has 3 nitrogen and oxygen atoms in total. The standard InChI is InChI=1S/C11H19N3/c1-4-8(2)5-10(12)11-7-13-9(3)6-14-11/h6-8,10H,4-5,12H2,1-3H3. The molecule has 1 aromatic heterocycles. The van der Waals surface area contributed by atoms with Crippen LogP contribution in [0.15, 0.2) is 12.4 Å². The Morgan fingerprint density at radius 2 is 2.07 bits per heavy atom. The van der Waals surface area contributed by atoms with Crippen LogP contribution in [0.3, 0.4) is 0 Å². The normalized spacial score (nSPS) is 15.1. The molecule has 1 rings (SSSR count).